The Labute approximate surface area is 117 Å². The number of methoxy groups -OCH3 is 2. The molecule has 0 unspecified atom stereocenters. The van der Waals surface area contributed by atoms with Gasteiger partial charge in [-0.15, -0.1) is 12.4 Å². The molecule has 6 heteroatoms. The van der Waals surface area contributed by atoms with Gasteiger partial charge in [0.2, 0.25) is 0 Å². The molecule has 1 heterocycles. The molecule has 1 aromatic heterocycles. The van der Waals surface area contributed by atoms with Crippen molar-refractivity contribution in [1.29, 1.82) is 0 Å². The highest BCUT2D eigenvalue weighted by Gasteiger charge is 2.16. The van der Waals surface area contributed by atoms with Crippen LogP contribution < -0.4 is 10.5 Å². The molecule has 0 amide bonds. The second kappa shape index (κ2) is 6.45. The molecule has 0 aliphatic rings. The minimum atomic E-state index is -0.642. The molecule has 0 saturated heterocycles. The predicted octanol–water partition coefficient (Wildman–Crippen LogP) is 1.64. The normalized spacial score (nSPS) is 11.7. The van der Waals surface area contributed by atoms with Gasteiger partial charge in [0.05, 0.1) is 14.2 Å². The largest absolute Gasteiger partial charge is 0.497 e. The van der Waals surface area contributed by atoms with Crippen LogP contribution in [0.4, 0.5) is 0 Å². The van der Waals surface area contributed by atoms with E-state index in [-0.39, 0.29) is 12.4 Å². The van der Waals surface area contributed by atoms with Gasteiger partial charge in [-0.1, -0.05) is 0 Å². The van der Waals surface area contributed by atoms with Crippen molar-refractivity contribution in [3.05, 3.63) is 30.0 Å². The summed E-state index contributed by atoms with van der Waals surface area (Å²) < 4.78 is 9.76. The van der Waals surface area contributed by atoms with E-state index in [2.05, 4.69) is 9.72 Å². The van der Waals surface area contributed by atoms with Crippen LogP contribution in [-0.4, -0.2) is 31.2 Å². The molecule has 0 fully saturated rings. The standard InChI is InChI=1S/C13H16N2O3.ClH/c1-17-9-3-4-10-8(7-15-12(10)6-9)5-11(14)13(16)18-2;/h3-4,6-7,11,15H,5,14H2,1-2H3;1H/t11-;/m0./s1. The van der Waals surface area contributed by atoms with Crippen LogP contribution in [0.15, 0.2) is 24.4 Å². The summed E-state index contributed by atoms with van der Waals surface area (Å²) in [6.45, 7) is 0. The number of fused-ring (bicyclic) bond motifs is 1. The van der Waals surface area contributed by atoms with E-state index in [9.17, 15) is 4.79 Å². The van der Waals surface area contributed by atoms with Crippen molar-refractivity contribution in [3.8, 4) is 5.75 Å². The molecule has 0 radical (unpaired) electrons. The molecule has 1 atom stereocenters. The molecule has 19 heavy (non-hydrogen) atoms. The van der Waals surface area contributed by atoms with E-state index >= 15 is 0 Å². The van der Waals surface area contributed by atoms with Crippen molar-refractivity contribution >= 4 is 29.3 Å². The number of nitrogens with one attached hydrogen (secondary N) is 1. The number of carbonyl (C=O) groups is 1. The van der Waals surface area contributed by atoms with Crippen LogP contribution in [-0.2, 0) is 16.0 Å². The summed E-state index contributed by atoms with van der Waals surface area (Å²) in [5.74, 6) is 0.381. The van der Waals surface area contributed by atoms with Crippen LogP contribution in [0.25, 0.3) is 10.9 Å². The van der Waals surface area contributed by atoms with Crippen molar-refractivity contribution in [2.45, 2.75) is 12.5 Å². The third kappa shape index (κ3) is 3.19. The third-order valence-electron chi connectivity index (χ3n) is 2.92. The molecule has 0 aliphatic carbocycles. The number of rotatable bonds is 4. The Morgan fingerprint density at radius 3 is 2.79 bits per heavy atom. The van der Waals surface area contributed by atoms with Crippen LogP contribution in [0, 0.1) is 0 Å². The molecule has 5 nitrogen and oxygen atoms in total. The van der Waals surface area contributed by atoms with E-state index in [0.717, 1.165) is 22.2 Å². The monoisotopic (exact) mass is 284 g/mol. The number of ether oxygens (including phenoxy) is 2. The summed E-state index contributed by atoms with van der Waals surface area (Å²) in [5.41, 5.74) is 7.70. The smallest absolute Gasteiger partial charge is 0.322 e. The lowest BCUT2D eigenvalue weighted by Crippen LogP contribution is -2.33. The van der Waals surface area contributed by atoms with Crippen LogP contribution in [0.1, 0.15) is 5.56 Å². The molecule has 2 aromatic rings. The number of halogens is 1. The first-order chi connectivity index (χ1) is 8.65. The van der Waals surface area contributed by atoms with Crippen molar-refractivity contribution < 1.29 is 14.3 Å². The van der Waals surface area contributed by atoms with E-state index in [1.54, 1.807) is 7.11 Å². The fourth-order valence-electron chi connectivity index (χ4n) is 1.93. The zero-order valence-electron chi connectivity index (χ0n) is 10.8. The molecule has 0 spiro atoms. The van der Waals surface area contributed by atoms with Crippen molar-refractivity contribution in [3.63, 3.8) is 0 Å². The van der Waals surface area contributed by atoms with Gasteiger partial charge in [0.15, 0.2) is 0 Å². The van der Waals surface area contributed by atoms with Gasteiger partial charge < -0.3 is 20.2 Å². The Balaban J connectivity index is 0.00000180. The number of hydrogen-bond acceptors (Lipinski definition) is 4. The molecular weight excluding hydrogens is 268 g/mol. The lowest BCUT2D eigenvalue weighted by molar-refractivity contribution is -0.142. The maximum Gasteiger partial charge on any atom is 0.322 e. The lowest BCUT2D eigenvalue weighted by Gasteiger charge is -2.08. The summed E-state index contributed by atoms with van der Waals surface area (Å²) in [6, 6.07) is 5.09. The number of nitrogens with two attached hydrogens (primary N) is 1. The average Bonchev–Trinajstić information content (AvgIpc) is 2.80. The summed E-state index contributed by atoms with van der Waals surface area (Å²) >= 11 is 0. The van der Waals surface area contributed by atoms with E-state index < -0.39 is 12.0 Å². The third-order valence-corrected chi connectivity index (χ3v) is 2.92. The first kappa shape index (κ1) is 15.3. The van der Waals surface area contributed by atoms with Crippen LogP contribution >= 0.6 is 12.4 Å². The highest BCUT2D eigenvalue weighted by atomic mass is 35.5. The van der Waals surface area contributed by atoms with Crippen molar-refractivity contribution in [2.24, 2.45) is 5.73 Å². The highest BCUT2D eigenvalue weighted by molar-refractivity contribution is 5.86. The molecule has 0 bridgehead atoms. The van der Waals surface area contributed by atoms with Gasteiger partial charge in [-0.05, 0) is 17.7 Å². The molecule has 3 N–H and O–H groups in total. The minimum Gasteiger partial charge on any atom is -0.497 e. The summed E-state index contributed by atoms with van der Waals surface area (Å²) in [7, 11) is 2.96. The number of H-pyrrole nitrogens is 1. The van der Waals surface area contributed by atoms with E-state index in [1.165, 1.54) is 7.11 Å². The first-order valence-electron chi connectivity index (χ1n) is 5.63. The topological polar surface area (TPSA) is 77.3 Å². The zero-order chi connectivity index (χ0) is 13.1. The van der Waals surface area contributed by atoms with Crippen molar-refractivity contribution in [1.82, 2.24) is 4.98 Å². The van der Waals surface area contributed by atoms with E-state index in [4.69, 9.17) is 10.5 Å². The molecule has 2 rings (SSSR count). The minimum absolute atomic E-state index is 0. The van der Waals surface area contributed by atoms with Crippen molar-refractivity contribution in [2.75, 3.05) is 14.2 Å². The maximum absolute atomic E-state index is 11.3. The van der Waals surface area contributed by atoms with Crippen LogP contribution in [0.3, 0.4) is 0 Å². The predicted molar refractivity (Wildman–Crippen MR) is 75.8 cm³/mol. The average molecular weight is 285 g/mol. The molecule has 104 valence electrons. The molecule has 0 saturated carbocycles. The Kier molecular flexibility index (Phi) is 5.20. The van der Waals surface area contributed by atoms with Crippen LogP contribution in [0.5, 0.6) is 5.75 Å². The van der Waals surface area contributed by atoms with Gasteiger partial charge in [-0.25, -0.2) is 0 Å². The fourth-order valence-corrected chi connectivity index (χ4v) is 1.93. The first-order valence-corrected chi connectivity index (χ1v) is 5.63. The Hall–Kier alpha value is -1.72. The number of hydrogen-bond donors (Lipinski definition) is 2. The van der Waals surface area contributed by atoms with E-state index in [1.807, 2.05) is 24.4 Å². The fraction of sp³-hybridized carbons (Fsp3) is 0.308. The lowest BCUT2D eigenvalue weighted by atomic mass is 10.1. The number of aromatic amines is 1. The van der Waals surface area contributed by atoms with Gasteiger partial charge in [-0.2, -0.15) is 0 Å². The Bertz CT molecular complexity index is 568. The number of benzene rings is 1. The van der Waals surface area contributed by atoms with Gasteiger partial charge in [-0.3, -0.25) is 4.79 Å². The van der Waals surface area contributed by atoms with Gasteiger partial charge in [0.1, 0.15) is 11.8 Å². The second-order valence-corrected chi connectivity index (χ2v) is 4.06. The summed E-state index contributed by atoms with van der Waals surface area (Å²) in [4.78, 5) is 14.4. The Morgan fingerprint density at radius 2 is 2.16 bits per heavy atom. The summed E-state index contributed by atoms with van der Waals surface area (Å²) in [6.07, 6.45) is 2.30. The van der Waals surface area contributed by atoms with Gasteiger partial charge in [0, 0.05) is 29.6 Å². The van der Waals surface area contributed by atoms with E-state index in [0.29, 0.717) is 6.42 Å². The van der Waals surface area contributed by atoms with Gasteiger partial charge >= 0.3 is 5.97 Å². The van der Waals surface area contributed by atoms with Gasteiger partial charge in [0.25, 0.3) is 0 Å². The highest BCUT2D eigenvalue weighted by Crippen LogP contribution is 2.23. The number of carbonyl (C=O) groups excluding carboxylic acids is 1. The Morgan fingerprint density at radius 1 is 1.42 bits per heavy atom. The number of aromatic nitrogens is 1. The maximum atomic E-state index is 11.3. The molecular formula is C13H17ClN2O3. The quantitative estimate of drug-likeness (QED) is 0.837. The zero-order valence-corrected chi connectivity index (χ0v) is 11.6. The van der Waals surface area contributed by atoms with Crippen LogP contribution in [0.2, 0.25) is 0 Å². The second-order valence-electron chi connectivity index (χ2n) is 4.06. The molecule has 1 aromatic carbocycles. The molecule has 0 aliphatic heterocycles. The SMILES string of the molecule is COC(=O)[C@@H](N)Cc1c[nH]c2cc(OC)ccc12.Cl. The number of esters is 1. The summed E-state index contributed by atoms with van der Waals surface area (Å²) in [5, 5.41) is 1.04.